The van der Waals surface area contributed by atoms with Crippen molar-refractivity contribution in [3.63, 3.8) is 0 Å². The second-order valence-electron chi connectivity index (χ2n) is 4.76. The van der Waals surface area contributed by atoms with Gasteiger partial charge >= 0.3 is 5.97 Å². The van der Waals surface area contributed by atoms with E-state index in [2.05, 4.69) is 15.3 Å². The van der Waals surface area contributed by atoms with E-state index >= 15 is 0 Å². The highest BCUT2D eigenvalue weighted by molar-refractivity contribution is 5.99. The summed E-state index contributed by atoms with van der Waals surface area (Å²) in [5, 5.41) is 2.59. The van der Waals surface area contributed by atoms with E-state index in [0.717, 1.165) is 0 Å². The predicted molar refractivity (Wildman–Crippen MR) is 82.0 cm³/mol. The standard InChI is InChI=1S/C16H15N3O4/c1-10(20)12-4-3-5-13(8-12)19-15(21)11(2)23-16(22)14-9-17-6-7-18-14/h3-9,11H,1-2H3,(H,19,21)/t11-/m1/s1. The van der Waals surface area contributed by atoms with Gasteiger partial charge in [0.15, 0.2) is 17.6 Å². The average Bonchev–Trinajstić information content (AvgIpc) is 2.55. The van der Waals surface area contributed by atoms with Crippen LogP contribution in [-0.4, -0.2) is 33.7 Å². The minimum absolute atomic E-state index is 0.0192. The summed E-state index contributed by atoms with van der Waals surface area (Å²) in [4.78, 5) is 42.7. The lowest BCUT2D eigenvalue weighted by Crippen LogP contribution is -2.30. The van der Waals surface area contributed by atoms with Gasteiger partial charge in [-0.15, -0.1) is 0 Å². The molecule has 1 aromatic heterocycles. The Kier molecular flexibility index (Phi) is 5.14. The molecule has 7 heteroatoms. The Hall–Kier alpha value is -3.09. The smallest absolute Gasteiger partial charge is 0.359 e. The van der Waals surface area contributed by atoms with Gasteiger partial charge in [-0.2, -0.15) is 0 Å². The fourth-order valence-corrected chi connectivity index (χ4v) is 1.74. The van der Waals surface area contributed by atoms with E-state index in [0.29, 0.717) is 11.3 Å². The minimum Gasteiger partial charge on any atom is -0.448 e. The molecule has 1 aromatic carbocycles. The summed E-state index contributed by atoms with van der Waals surface area (Å²) in [7, 11) is 0. The van der Waals surface area contributed by atoms with Gasteiger partial charge in [0, 0.05) is 23.6 Å². The van der Waals surface area contributed by atoms with Crippen LogP contribution in [-0.2, 0) is 9.53 Å². The molecular weight excluding hydrogens is 298 g/mol. The molecule has 0 fully saturated rings. The summed E-state index contributed by atoms with van der Waals surface area (Å²) in [6.07, 6.45) is 3.01. The fraction of sp³-hybridized carbons (Fsp3) is 0.188. The van der Waals surface area contributed by atoms with E-state index in [1.807, 2.05) is 0 Å². The average molecular weight is 313 g/mol. The Balaban J connectivity index is 1.99. The molecule has 1 atom stereocenters. The highest BCUT2D eigenvalue weighted by atomic mass is 16.5. The summed E-state index contributed by atoms with van der Waals surface area (Å²) >= 11 is 0. The number of anilines is 1. The summed E-state index contributed by atoms with van der Waals surface area (Å²) in [5.74, 6) is -1.36. The van der Waals surface area contributed by atoms with Crippen molar-refractivity contribution >= 4 is 23.3 Å². The molecule has 1 N–H and O–H groups in total. The Labute approximate surface area is 132 Å². The van der Waals surface area contributed by atoms with Crippen molar-refractivity contribution in [1.29, 1.82) is 0 Å². The molecule has 0 aliphatic rings. The van der Waals surface area contributed by atoms with E-state index in [1.165, 1.54) is 32.4 Å². The number of rotatable bonds is 5. The number of carbonyl (C=O) groups excluding carboxylic acids is 3. The van der Waals surface area contributed by atoms with Crippen LogP contribution in [0.4, 0.5) is 5.69 Å². The second kappa shape index (κ2) is 7.26. The number of benzene rings is 1. The van der Waals surface area contributed by atoms with Crippen molar-refractivity contribution in [3.05, 3.63) is 54.1 Å². The third-order valence-electron chi connectivity index (χ3n) is 2.96. The van der Waals surface area contributed by atoms with Gasteiger partial charge in [-0.25, -0.2) is 9.78 Å². The number of hydrogen-bond donors (Lipinski definition) is 1. The normalized spacial score (nSPS) is 11.4. The molecule has 2 aromatic rings. The van der Waals surface area contributed by atoms with E-state index in [-0.39, 0.29) is 11.5 Å². The molecular formula is C16H15N3O4. The second-order valence-corrected chi connectivity index (χ2v) is 4.76. The first kappa shape index (κ1) is 16.3. The number of esters is 1. The number of aromatic nitrogens is 2. The summed E-state index contributed by atoms with van der Waals surface area (Å²) < 4.78 is 5.03. The Morgan fingerprint density at radius 2 is 2.00 bits per heavy atom. The lowest BCUT2D eigenvalue weighted by Gasteiger charge is -2.13. The number of amides is 1. The first-order chi connectivity index (χ1) is 11.0. The van der Waals surface area contributed by atoms with Crippen LogP contribution < -0.4 is 5.32 Å². The molecule has 1 heterocycles. The van der Waals surface area contributed by atoms with E-state index in [9.17, 15) is 14.4 Å². The van der Waals surface area contributed by atoms with Gasteiger partial charge in [-0.3, -0.25) is 14.6 Å². The molecule has 118 valence electrons. The maximum atomic E-state index is 12.1. The van der Waals surface area contributed by atoms with Crippen LogP contribution in [0.15, 0.2) is 42.9 Å². The van der Waals surface area contributed by atoms with Gasteiger partial charge in [0.05, 0.1) is 6.20 Å². The summed E-state index contributed by atoms with van der Waals surface area (Å²) in [6, 6.07) is 6.50. The third-order valence-corrected chi connectivity index (χ3v) is 2.96. The van der Waals surface area contributed by atoms with Crippen LogP contribution in [0.1, 0.15) is 34.7 Å². The van der Waals surface area contributed by atoms with Crippen molar-refractivity contribution in [2.75, 3.05) is 5.32 Å². The molecule has 0 unspecified atom stereocenters. The molecule has 0 aliphatic heterocycles. The Morgan fingerprint density at radius 3 is 2.65 bits per heavy atom. The lowest BCUT2D eigenvalue weighted by molar-refractivity contribution is -0.123. The van der Waals surface area contributed by atoms with E-state index < -0.39 is 18.0 Å². The molecule has 0 saturated carbocycles. The van der Waals surface area contributed by atoms with Gasteiger partial charge in [-0.1, -0.05) is 12.1 Å². The first-order valence-electron chi connectivity index (χ1n) is 6.86. The van der Waals surface area contributed by atoms with Crippen molar-refractivity contribution < 1.29 is 19.1 Å². The van der Waals surface area contributed by atoms with Crippen LogP contribution in [0.5, 0.6) is 0 Å². The van der Waals surface area contributed by atoms with Crippen LogP contribution in [0, 0.1) is 0 Å². The molecule has 1 amide bonds. The van der Waals surface area contributed by atoms with Crippen LogP contribution in [0.3, 0.4) is 0 Å². The number of ether oxygens (including phenoxy) is 1. The highest BCUT2D eigenvalue weighted by Gasteiger charge is 2.20. The summed E-state index contributed by atoms with van der Waals surface area (Å²) in [5.41, 5.74) is 0.947. The maximum absolute atomic E-state index is 12.1. The minimum atomic E-state index is -1.02. The van der Waals surface area contributed by atoms with E-state index in [4.69, 9.17) is 4.74 Å². The highest BCUT2D eigenvalue weighted by Crippen LogP contribution is 2.12. The molecule has 0 saturated heterocycles. The number of ketones is 1. The van der Waals surface area contributed by atoms with Crippen molar-refractivity contribution in [3.8, 4) is 0 Å². The maximum Gasteiger partial charge on any atom is 0.359 e. The fourth-order valence-electron chi connectivity index (χ4n) is 1.74. The zero-order valence-corrected chi connectivity index (χ0v) is 12.6. The molecule has 0 spiro atoms. The topological polar surface area (TPSA) is 98.2 Å². The van der Waals surface area contributed by atoms with Crippen molar-refractivity contribution in [2.24, 2.45) is 0 Å². The largest absolute Gasteiger partial charge is 0.448 e. The quantitative estimate of drug-likeness (QED) is 0.668. The SMILES string of the molecule is CC(=O)c1cccc(NC(=O)[C@@H](C)OC(=O)c2cnccn2)c1. The van der Waals surface area contributed by atoms with Crippen molar-refractivity contribution in [2.45, 2.75) is 20.0 Å². The molecule has 2 rings (SSSR count). The van der Waals surface area contributed by atoms with Gasteiger partial charge < -0.3 is 10.1 Å². The van der Waals surface area contributed by atoms with Gasteiger partial charge in [-0.05, 0) is 26.0 Å². The number of carbonyl (C=O) groups is 3. The number of nitrogens with one attached hydrogen (secondary N) is 1. The van der Waals surface area contributed by atoms with Gasteiger partial charge in [0.1, 0.15) is 0 Å². The van der Waals surface area contributed by atoms with Gasteiger partial charge in [0.2, 0.25) is 0 Å². The monoisotopic (exact) mass is 313 g/mol. The lowest BCUT2D eigenvalue weighted by atomic mass is 10.1. The molecule has 23 heavy (non-hydrogen) atoms. The molecule has 0 aliphatic carbocycles. The van der Waals surface area contributed by atoms with Crippen LogP contribution >= 0.6 is 0 Å². The number of nitrogens with zero attached hydrogens (tertiary/aromatic N) is 2. The molecule has 0 bridgehead atoms. The molecule has 7 nitrogen and oxygen atoms in total. The number of Topliss-reactive ketones (excluding diaryl/α,β-unsaturated/α-hetero) is 1. The predicted octanol–water partition coefficient (Wildman–Crippen LogP) is 1.86. The Bertz CT molecular complexity index is 731. The number of hydrogen-bond acceptors (Lipinski definition) is 6. The Morgan fingerprint density at radius 1 is 1.22 bits per heavy atom. The summed E-state index contributed by atoms with van der Waals surface area (Å²) in [6.45, 7) is 2.88. The first-order valence-corrected chi connectivity index (χ1v) is 6.86. The zero-order valence-electron chi connectivity index (χ0n) is 12.6. The van der Waals surface area contributed by atoms with E-state index in [1.54, 1.807) is 24.3 Å². The van der Waals surface area contributed by atoms with Gasteiger partial charge in [0.25, 0.3) is 5.91 Å². The molecule has 0 radical (unpaired) electrons. The zero-order chi connectivity index (χ0) is 16.8. The van der Waals surface area contributed by atoms with Crippen LogP contribution in [0.2, 0.25) is 0 Å². The van der Waals surface area contributed by atoms with Crippen LogP contribution in [0.25, 0.3) is 0 Å². The third kappa shape index (κ3) is 4.44. The van der Waals surface area contributed by atoms with Crippen molar-refractivity contribution in [1.82, 2.24) is 9.97 Å².